The smallest absolute Gasteiger partial charge is 0.138 e. The maximum absolute atomic E-state index is 4.86. The summed E-state index contributed by atoms with van der Waals surface area (Å²) in [6.07, 6.45) is 3.77. The molecule has 0 bridgehead atoms. The molecule has 0 aliphatic carbocycles. The predicted octanol–water partition coefficient (Wildman–Crippen LogP) is 6.88. The third kappa shape index (κ3) is 2.44. The summed E-state index contributed by atoms with van der Waals surface area (Å²) in [7, 11) is 0. The molecule has 0 saturated carbocycles. The van der Waals surface area contributed by atoms with Crippen LogP contribution in [-0.4, -0.2) is 19.5 Å². The van der Waals surface area contributed by atoms with Crippen molar-refractivity contribution in [2.45, 2.75) is 0 Å². The van der Waals surface area contributed by atoms with Crippen LogP contribution in [0.3, 0.4) is 0 Å². The van der Waals surface area contributed by atoms with E-state index in [1.54, 1.807) is 0 Å². The van der Waals surface area contributed by atoms with Gasteiger partial charge in [-0.1, -0.05) is 54.6 Å². The monoisotopic (exact) mass is 410 g/mol. The number of para-hydroxylation sites is 2. The van der Waals surface area contributed by atoms with Crippen molar-refractivity contribution in [3.05, 3.63) is 103 Å². The van der Waals surface area contributed by atoms with Gasteiger partial charge in [0.25, 0.3) is 0 Å². The van der Waals surface area contributed by atoms with Crippen LogP contribution in [0, 0.1) is 0 Å². The molecule has 150 valence electrons. The van der Waals surface area contributed by atoms with Gasteiger partial charge in [-0.3, -0.25) is 9.55 Å². The number of nitrogens with zero attached hydrogens (tertiary/aromatic N) is 3. The SMILES string of the molecule is c1ccc(-c2ccc3c4ccccc4n(-c4cc5c(cn4)[nH]c4ccccc45)c3c2)nc1. The van der Waals surface area contributed by atoms with Crippen LogP contribution in [0.2, 0.25) is 0 Å². The van der Waals surface area contributed by atoms with Gasteiger partial charge in [0.05, 0.1) is 28.4 Å². The van der Waals surface area contributed by atoms with E-state index < -0.39 is 0 Å². The first kappa shape index (κ1) is 17.3. The van der Waals surface area contributed by atoms with Gasteiger partial charge in [-0.25, -0.2) is 4.98 Å². The number of rotatable bonds is 2. The Labute approximate surface area is 183 Å². The molecule has 0 aliphatic heterocycles. The molecule has 0 amide bonds. The third-order valence-corrected chi connectivity index (χ3v) is 6.24. The van der Waals surface area contributed by atoms with E-state index in [9.17, 15) is 0 Å². The molecule has 0 atom stereocenters. The maximum atomic E-state index is 4.86. The van der Waals surface area contributed by atoms with E-state index >= 15 is 0 Å². The van der Waals surface area contributed by atoms with Gasteiger partial charge in [-0.15, -0.1) is 0 Å². The summed E-state index contributed by atoms with van der Waals surface area (Å²) in [6.45, 7) is 0. The van der Waals surface area contributed by atoms with Crippen LogP contribution in [0.1, 0.15) is 0 Å². The molecule has 0 unspecified atom stereocenters. The number of aromatic nitrogens is 4. The molecular weight excluding hydrogens is 392 g/mol. The maximum Gasteiger partial charge on any atom is 0.138 e. The molecule has 7 rings (SSSR count). The highest BCUT2D eigenvalue weighted by molar-refractivity contribution is 6.11. The third-order valence-electron chi connectivity index (χ3n) is 6.24. The summed E-state index contributed by atoms with van der Waals surface area (Å²) in [6, 6.07) is 31.7. The molecular formula is C28H18N4. The molecule has 4 heteroatoms. The number of hydrogen-bond acceptors (Lipinski definition) is 2. The van der Waals surface area contributed by atoms with Gasteiger partial charge >= 0.3 is 0 Å². The number of aromatic amines is 1. The lowest BCUT2D eigenvalue weighted by atomic mass is 10.1. The van der Waals surface area contributed by atoms with Crippen LogP contribution in [0.15, 0.2) is 103 Å². The van der Waals surface area contributed by atoms with E-state index in [1.807, 2.05) is 30.6 Å². The van der Waals surface area contributed by atoms with Gasteiger partial charge in [0.2, 0.25) is 0 Å². The lowest BCUT2D eigenvalue weighted by molar-refractivity contribution is 1.09. The summed E-state index contributed by atoms with van der Waals surface area (Å²) in [5, 5.41) is 4.82. The van der Waals surface area contributed by atoms with E-state index in [2.05, 4.69) is 87.3 Å². The zero-order valence-corrected chi connectivity index (χ0v) is 17.2. The second-order valence-electron chi connectivity index (χ2n) is 8.06. The Kier molecular flexibility index (Phi) is 3.52. The fourth-order valence-corrected chi connectivity index (χ4v) is 4.77. The van der Waals surface area contributed by atoms with E-state index in [1.165, 1.54) is 21.5 Å². The van der Waals surface area contributed by atoms with Crippen LogP contribution < -0.4 is 0 Å². The molecule has 4 nitrogen and oxygen atoms in total. The molecule has 3 aromatic carbocycles. The highest BCUT2D eigenvalue weighted by atomic mass is 15.1. The fraction of sp³-hybridized carbons (Fsp3) is 0. The lowest BCUT2D eigenvalue weighted by Crippen LogP contribution is -1.97. The quantitative estimate of drug-likeness (QED) is 0.338. The predicted molar refractivity (Wildman–Crippen MR) is 131 cm³/mol. The van der Waals surface area contributed by atoms with E-state index in [0.29, 0.717) is 0 Å². The van der Waals surface area contributed by atoms with Gasteiger partial charge in [-0.2, -0.15) is 0 Å². The molecule has 4 aromatic heterocycles. The molecule has 4 heterocycles. The molecule has 0 spiro atoms. The van der Waals surface area contributed by atoms with E-state index in [0.717, 1.165) is 39.1 Å². The Hall–Kier alpha value is -4.44. The van der Waals surface area contributed by atoms with Crippen LogP contribution in [0.4, 0.5) is 0 Å². The first-order valence-corrected chi connectivity index (χ1v) is 10.7. The fourth-order valence-electron chi connectivity index (χ4n) is 4.77. The molecule has 0 aliphatic rings. The van der Waals surface area contributed by atoms with Crippen molar-refractivity contribution >= 4 is 43.6 Å². The van der Waals surface area contributed by atoms with Crippen LogP contribution >= 0.6 is 0 Å². The summed E-state index contributed by atoms with van der Waals surface area (Å²) >= 11 is 0. The van der Waals surface area contributed by atoms with Gasteiger partial charge < -0.3 is 4.98 Å². The highest BCUT2D eigenvalue weighted by Crippen LogP contribution is 2.35. The van der Waals surface area contributed by atoms with Crippen molar-refractivity contribution in [1.82, 2.24) is 19.5 Å². The van der Waals surface area contributed by atoms with Gasteiger partial charge in [-0.05, 0) is 36.4 Å². The number of hydrogen-bond donors (Lipinski definition) is 1. The minimum absolute atomic E-state index is 0.909. The molecule has 7 aromatic rings. The molecule has 0 fully saturated rings. The van der Waals surface area contributed by atoms with Crippen LogP contribution in [0.5, 0.6) is 0 Å². The van der Waals surface area contributed by atoms with Crippen molar-refractivity contribution in [3.8, 4) is 17.1 Å². The molecule has 0 saturated heterocycles. The number of fused-ring (bicyclic) bond motifs is 6. The van der Waals surface area contributed by atoms with Crippen molar-refractivity contribution in [2.24, 2.45) is 0 Å². The Morgan fingerprint density at radius 2 is 1.41 bits per heavy atom. The number of H-pyrrole nitrogens is 1. The zero-order chi connectivity index (χ0) is 21.1. The normalized spacial score (nSPS) is 11.8. The average Bonchev–Trinajstić information content (AvgIpc) is 3.39. The van der Waals surface area contributed by atoms with E-state index in [-0.39, 0.29) is 0 Å². The second kappa shape index (κ2) is 6.53. The average molecular weight is 410 g/mol. The van der Waals surface area contributed by atoms with Gasteiger partial charge in [0, 0.05) is 38.8 Å². The Morgan fingerprint density at radius 3 is 2.31 bits per heavy atom. The van der Waals surface area contributed by atoms with Crippen LogP contribution in [0.25, 0.3) is 60.7 Å². The lowest BCUT2D eigenvalue weighted by Gasteiger charge is -2.08. The number of nitrogens with one attached hydrogen (secondary N) is 1. The highest BCUT2D eigenvalue weighted by Gasteiger charge is 2.15. The van der Waals surface area contributed by atoms with E-state index in [4.69, 9.17) is 4.98 Å². The van der Waals surface area contributed by atoms with Crippen molar-refractivity contribution in [3.63, 3.8) is 0 Å². The Balaban J connectivity index is 1.56. The first-order chi connectivity index (χ1) is 15.9. The number of pyridine rings is 2. The molecule has 0 radical (unpaired) electrons. The Morgan fingerprint density at radius 1 is 0.594 bits per heavy atom. The van der Waals surface area contributed by atoms with Gasteiger partial charge in [0.15, 0.2) is 0 Å². The molecule has 1 N–H and O–H groups in total. The standard InChI is InChI=1S/C28H18N4/c1-3-10-24-19(7-1)22-16-28(30-17-25(22)31-24)32-26-11-4-2-8-20(26)21-13-12-18(15-27(21)32)23-9-5-6-14-29-23/h1-17,31H. The van der Waals surface area contributed by atoms with Crippen molar-refractivity contribution < 1.29 is 0 Å². The number of benzene rings is 3. The molecule has 32 heavy (non-hydrogen) atoms. The van der Waals surface area contributed by atoms with Crippen molar-refractivity contribution in [1.29, 1.82) is 0 Å². The minimum atomic E-state index is 0.909. The summed E-state index contributed by atoms with van der Waals surface area (Å²) in [5.74, 6) is 0.909. The summed E-state index contributed by atoms with van der Waals surface area (Å²) in [4.78, 5) is 12.9. The van der Waals surface area contributed by atoms with Crippen LogP contribution in [-0.2, 0) is 0 Å². The summed E-state index contributed by atoms with van der Waals surface area (Å²) < 4.78 is 2.26. The zero-order valence-electron chi connectivity index (χ0n) is 17.2. The Bertz CT molecular complexity index is 1770. The van der Waals surface area contributed by atoms with Gasteiger partial charge in [0.1, 0.15) is 5.82 Å². The summed E-state index contributed by atoms with van der Waals surface area (Å²) in [5.41, 5.74) is 6.50. The second-order valence-corrected chi connectivity index (χ2v) is 8.06. The van der Waals surface area contributed by atoms with Crippen molar-refractivity contribution in [2.75, 3.05) is 0 Å². The first-order valence-electron chi connectivity index (χ1n) is 10.7. The largest absolute Gasteiger partial charge is 0.353 e. The minimum Gasteiger partial charge on any atom is -0.353 e. The topological polar surface area (TPSA) is 46.5 Å².